The lowest BCUT2D eigenvalue weighted by Gasteiger charge is -2.17. The fourth-order valence-electron chi connectivity index (χ4n) is 5.13. The first-order valence-corrected chi connectivity index (χ1v) is 13.6. The SMILES string of the molecule is COc1ccc2[nH]c(C)c(CC(=O)N[C@@H](CCCCNC(=O)NO)c3ncc(-c4ccc5ccccc5c4)[nH]3)c2c1. The Kier molecular flexibility index (Phi) is 8.50. The number of aryl methyl sites for hydroxylation is 1. The lowest BCUT2D eigenvalue weighted by atomic mass is 10.0. The predicted octanol–water partition coefficient (Wildman–Crippen LogP) is 5.29. The molecular formula is C31H34N6O4. The van der Waals surface area contributed by atoms with Crippen molar-refractivity contribution in [1.29, 1.82) is 0 Å². The maximum absolute atomic E-state index is 13.4. The highest BCUT2D eigenvalue weighted by Crippen LogP contribution is 2.28. The van der Waals surface area contributed by atoms with Crippen molar-refractivity contribution in [1.82, 2.24) is 31.1 Å². The van der Waals surface area contributed by atoms with Gasteiger partial charge in [-0.2, -0.15) is 0 Å². The Labute approximate surface area is 237 Å². The second-order valence-corrected chi connectivity index (χ2v) is 10.0. The van der Waals surface area contributed by atoms with Crippen LogP contribution in [0.5, 0.6) is 5.75 Å². The van der Waals surface area contributed by atoms with Crippen LogP contribution in [-0.4, -0.2) is 45.8 Å². The molecule has 6 N–H and O–H groups in total. The van der Waals surface area contributed by atoms with Gasteiger partial charge in [-0.15, -0.1) is 0 Å². The molecule has 5 aromatic rings. The van der Waals surface area contributed by atoms with E-state index in [1.165, 1.54) is 0 Å². The van der Waals surface area contributed by atoms with Crippen molar-refractivity contribution in [3.8, 4) is 17.0 Å². The number of carbonyl (C=O) groups excluding carboxylic acids is 2. The zero-order valence-corrected chi connectivity index (χ0v) is 23.1. The van der Waals surface area contributed by atoms with E-state index < -0.39 is 6.03 Å². The fourth-order valence-corrected chi connectivity index (χ4v) is 5.13. The Morgan fingerprint density at radius 2 is 1.85 bits per heavy atom. The zero-order valence-electron chi connectivity index (χ0n) is 23.1. The molecule has 0 bridgehead atoms. The Morgan fingerprint density at radius 1 is 1.02 bits per heavy atom. The number of hydrogen-bond acceptors (Lipinski definition) is 5. The molecule has 41 heavy (non-hydrogen) atoms. The lowest BCUT2D eigenvalue weighted by molar-refractivity contribution is -0.121. The van der Waals surface area contributed by atoms with Crippen LogP contribution in [0, 0.1) is 6.92 Å². The van der Waals surface area contributed by atoms with Crippen LogP contribution in [-0.2, 0) is 11.2 Å². The van der Waals surface area contributed by atoms with Gasteiger partial charge in [-0.1, -0.05) is 36.4 Å². The van der Waals surface area contributed by atoms with E-state index >= 15 is 0 Å². The van der Waals surface area contributed by atoms with Gasteiger partial charge in [0.15, 0.2) is 0 Å². The molecule has 3 amide bonds. The monoisotopic (exact) mass is 554 g/mol. The summed E-state index contributed by atoms with van der Waals surface area (Å²) in [5, 5.41) is 17.7. The standard InChI is InChI=1S/C31H34N6O4/c1-19-24(25-16-23(41-2)12-13-26(25)34-19)17-29(38)35-27(9-5-6-14-32-31(39)37-40)30-33-18-28(36-30)22-11-10-20-7-3-4-8-21(20)15-22/h3-4,7-8,10-13,15-16,18,27,34,40H,5-6,9,14,17H2,1-2H3,(H,33,36)(H,35,38)(H2,32,37,39)/t27-/m0/s1. The Balaban J connectivity index is 1.34. The van der Waals surface area contributed by atoms with E-state index in [-0.39, 0.29) is 18.4 Å². The molecule has 0 spiro atoms. The third-order valence-electron chi connectivity index (χ3n) is 7.29. The molecule has 1 atom stereocenters. The molecule has 0 radical (unpaired) electrons. The summed E-state index contributed by atoms with van der Waals surface area (Å²) < 4.78 is 5.39. The number of methoxy groups -OCH3 is 1. The van der Waals surface area contributed by atoms with Crippen molar-refractivity contribution in [2.75, 3.05) is 13.7 Å². The Hall–Kier alpha value is -4.83. The first-order chi connectivity index (χ1) is 19.9. The van der Waals surface area contributed by atoms with E-state index in [4.69, 9.17) is 9.94 Å². The number of ether oxygens (including phenoxy) is 1. The van der Waals surface area contributed by atoms with Crippen LogP contribution in [0.15, 0.2) is 66.9 Å². The van der Waals surface area contributed by atoms with Crippen LogP contribution in [0.3, 0.4) is 0 Å². The molecule has 0 aliphatic heterocycles. The number of hydroxylamine groups is 1. The molecule has 2 aromatic heterocycles. The molecule has 0 saturated carbocycles. The molecular weight excluding hydrogens is 520 g/mol. The number of nitrogens with one attached hydrogen (secondary N) is 5. The van der Waals surface area contributed by atoms with E-state index in [2.05, 4.69) is 55.9 Å². The van der Waals surface area contributed by atoms with Gasteiger partial charge < -0.3 is 25.3 Å². The van der Waals surface area contributed by atoms with Crippen molar-refractivity contribution < 1.29 is 19.5 Å². The van der Waals surface area contributed by atoms with E-state index in [9.17, 15) is 9.59 Å². The first-order valence-electron chi connectivity index (χ1n) is 13.6. The number of urea groups is 1. The van der Waals surface area contributed by atoms with Crippen molar-refractivity contribution in [2.24, 2.45) is 0 Å². The van der Waals surface area contributed by atoms with Crippen LogP contribution in [0.25, 0.3) is 32.9 Å². The first kappa shape index (κ1) is 27.7. The summed E-state index contributed by atoms with van der Waals surface area (Å²) in [4.78, 5) is 36.1. The lowest BCUT2D eigenvalue weighted by Crippen LogP contribution is -2.34. The minimum Gasteiger partial charge on any atom is -0.497 e. The van der Waals surface area contributed by atoms with Crippen molar-refractivity contribution in [2.45, 2.75) is 38.6 Å². The summed E-state index contributed by atoms with van der Waals surface area (Å²) in [5.41, 5.74) is 6.24. The summed E-state index contributed by atoms with van der Waals surface area (Å²) in [6.07, 6.45) is 3.98. The number of unbranched alkanes of at least 4 members (excludes halogenated alkanes) is 1. The molecule has 0 aliphatic carbocycles. The van der Waals surface area contributed by atoms with E-state index in [1.807, 2.05) is 37.3 Å². The number of amides is 3. The number of aromatic nitrogens is 3. The van der Waals surface area contributed by atoms with Gasteiger partial charge >= 0.3 is 6.03 Å². The molecule has 212 valence electrons. The topological polar surface area (TPSA) is 144 Å². The van der Waals surface area contributed by atoms with Crippen molar-refractivity contribution in [3.05, 3.63) is 83.9 Å². The average Bonchev–Trinajstić information content (AvgIpc) is 3.60. The summed E-state index contributed by atoms with van der Waals surface area (Å²) in [6, 6.07) is 19.2. The van der Waals surface area contributed by atoms with Gasteiger partial charge in [-0.3, -0.25) is 10.0 Å². The fraction of sp³-hybridized carbons (Fsp3) is 0.258. The van der Waals surface area contributed by atoms with Gasteiger partial charge in [0.25, 0.3) is 0 Å². The summed E-state index contributed by atoms with van der Waals surface area (Å²) in [5.74, 6) is 1.28. The maximum Gasteiger partial charge on any atom is 0.338 e. The summed E-state index contributed by atoms with van der Waals surface area (Å²) in [7, 11) is 1.62. The van der Waals surface area contributed by atoms with Crippen molar-refractivity contribution in [3.63, 3.8) is 0 Å². The van der Waals surface area contributed by atoms with Crippen LogP contribution in [0.4, 0.5) is 4.79 Å². The largest absolute Gasteiger partial charge is 0.497 e. The molecule has 10 nitrogen and oxygen atoms in total. The van der Waals surface area contributed by atoms with Crippen LogP contribution in [0.1, 0.15) is 42.4 Å². The highest BCUT2D eigenvalue weighted by molar-refractivity contribution is 5.91. The number of fused-ring (bicyclic) bond motifs is 2. The van der Waals surface area contributed by atoms with Gasteiger partial charge in [0.2, 0.25) is 5.91 Å². The van der Waals surface area contributed by atoms with Crippen LogP contribution >= 0.6 is 0 Å². The molecule has 0 aliphatic rings. The van der Waals surface area contributed by atoms with Gasteiger partial charge in [0, 0.05) is 28.7 Å². The second kappa shape index (κ2) is 12.6. The number of carbonyl (C=O) groups is 2. The zero-order chi connectivity index (χ0) is 28.8. The highest BCUT2D eigenvalue weighted by Gasteiger charge is 2.20. The quantitative estimate of drug-likeness (QED) is 0.0747. The third-order valence-corrected chi connectivity index (χ3v) is 7.29. The Morgan fingerprint density at radius 3 is 2.66 bits per heavy atom. The number of benzene rings is 3. The van der Waals surface area contributed by atoms with Crippen LogP contribution in [0.2, 0.25) is 0 Å². The number of H-pyrrole nitrogens is 2. The average molecular weight is 555 g/mol. The maximum atomic E-state index is 13.4. The summed E-state index contributed by atoms with van der Waals surface area (Å²) >= 11 is 0. The molecule has 3 aromatic carbocycles. The van der Waals surface area contributed by atoms with Crippen molar-refractivity contribution >= 4 is 33.6 Å². The minimum atomic E-state index is -0.647. The van der Waals surface area contributed by atoms with Gasteiger partial charge in [0.1, 0.15) is 11.6 Å². The number of nitrogens with zero attached hydrogens (tertiary/aromatic N) is 1. The van der Waals surface area contributed by atoms with E-state index in [0.29, 0.717) is 31.6 Å². The normalized spacial score (nSPS) is 11.9. The predicted molar refractivity (Wildman–Crippen MR) is 158 cm³/mol. The third kappa shape index (κ3) is 6.50. The van der Waals surface area contributed by atoms with Crippen LogP contribution < -0.4 is 20.9 Å². The molecule has 5 rings (SSSR count). The number of aromatic amines is 2. The number of imidazole rings is 1. The molecule has 0 saturated heterocycles. The van der Waals surface area contributed by atoms with Gasteiger partial charge in [0.05, 0.1) is 31.5 Å². The van der Waals surface area contributed by atoms with Gasteiger partial charge in [-0.25, -0.2) is 15.3 Å². The molecule has 0 unspecified atom stereocenters. The highest BCUT2D eigenvalue weighted by atomic mass is 16.5. The molecule has 2 heterocycles. The van der Waals surface area contributed by atoms with E-state index in [0.717, 1.165) is 49.9 Å². The van der Waals surface area contributed by atoms with Gasteiger partial charge in [-0.05, 0) is 66.8 Å². The smallest absolute Gasteiger partial charge is 0.338 e. The van der Waals surface area contributed by atoms with E-state index in [1.54, 1.807) is 18.8 Å². The summed E-state index contributed by atoms with van der Waals surface area (Å²) in [6.45, 7) is 2.36. The Bertz CT molecular complexity index is 1670. The molecule has 10 heteroatoms. The number of hydrogen-bond donors (Lipinski definition) is 6. The molecule has 0 fully saturated rings. The number of rotatable bonds is 11. The minimum absolute atomic E-state index is 0.122. The second-order valence-electron chi connectivity index (χ2n) is 10.0.